The Balaban J connectivity index is 3.03. The highest BCUT2D eigenvalue weighted by molar-refractivity contribution is 5.66. The predicted molar refractivity (Wildman–Crippen MR) is 60.1 cm³/mol. The van der Waals surface area contributed by atoms with Gasteiger partial charge < -0.3 is 4.90 Å². The van der Waals surface area contributed by atoms with E-state index < -0.39 is 0 Å². The molecular weight excluding hydrogens is 158 g/mol. The van der Waals surface area contributed by atoms with Crippen LogP contribution in [0.25, 0.3) is 6.08 Å². The summed E-state index contributed by atoms with van der Waals surface area (Å²) in [6.45, 7) is 10.2. The molecular formula is C12H17N. The van der Waals surface area contributed by atoms with Crippen molar-refractivity contribution in [2.45, 2.75) is 13.8 Å². The summed E-state index contributed by atoms with van der Waals surface area (Å²) in [4.78, 5) is 2.33. The lowest BCUT2D eigenvalue weighted by Crippen LogP contribution is -2.22. The van der Waals surface area contributed by atoms with E-state index in [9.17, 15) is 0 Å². The van der Waals surface area contributed by atoms with Crippen molar-refractivity contribution in [1.29, 1.82) is 0 Å². The number of hydrogen-bond donors (Lipinski definition) is 0. The molecule has 0 unspecified atom stereocenters. The van der Waals surface area contributed by atoms with Gasteiger partial charge in [0, 0.05) is 18.8 Å². The van der Waals surface area contributed by atoms with E-state index in [2.05, 4.69) is 43.5 Å². The fraction of sp³-hybridized carbons (Fsp3) is 0.333. The molecule has 0 aliphatic carbocycles. The van der Waals surface area contributed by atoms with Gasteiger partial charge in [-0.05, 0) is 25.5 Å². The fourth-order valence-electron chi connectivity index (χ4n) is 1.51. The molecule has 1 aromatic carbocycles. The summed E-state index contributed by atoms with van der Waals surface area (Å²) in [7, 11) is 0. The number of nitrogens with zero attached hydrogens (tertiary/aromatic N) is 1. The Kier molecular flexibility index (Phi) is 3.56. The molecule has 1 nitrogen and oxygen atoms in total. The number of hydrogen-bond acceptors (Lipinski definition) is 1. The van der Waals surface area contributed by atoms with E-state index in [0.29, 0.717) is 0 Å². The Bertz CT molecular complexity index is 274. The van der Waals surface area contributed by atoms with Crippen molar-refractivity contribution in [3.8, 4) is 0 Å². The van der Waals surface area contributed by atoms with Crippen molar-refractivity contribution in [3.05, 3.63) is 36.4 Å². The molecule has 0 radical (unpaired) electrons. The maximum absolute atomic E-state index is 3.82. The first-order valence-corrected chi connectivity index (χ1v) is 4.79. The molecule has 0 bridgehead atoms. The van der Waals surface area contributed by atoms with Crippen molar-refractivity contribution >= 4 is 11.8 Å². The largest absolute Gasteiger partial charge is 0.372 e. The second kappa shape index (κ2) is 4.70. The van der Waals surface area contributed by atoms with Gasteiger partial charge in [-0.1, -0.05) is 30.9 Å². The van der Waals surface area contributed by atoms with Gasteiger partial charge in [0.25, 0.3) is 0 Å². The molecule has 1 rings (SSSR count). The molecule has 0 spiro atoms. The summed E-state index contributed by atoms with van der Waals surface area (Å²) in [5, 5.41) is 0. The molecule has 0 aliphatic rings. The zero-order valence-corrected chi connectivity index (χ0v) is 8.46. The first-order valence-electron chi connectivity index (χ1n) is 4.79. The van der Waals surface area contributed by atoms with Crippen LogP contribution in [0.15, 0.2) is 30.8 Å². The van der Waals surface area contributed by atoms with Gasteiger partial charge in [0.1, 0.15) is 0 Å². The third kappa shape index (κ3) is 2.11. The Hall–Kier alpha value is -1.24. The number of rotatable bonds is 4. The zero-order chi connectivity index (χ0) is 9.68. The summed E-state index contributed by atoms with van der Waals surface area (Å²) < 4.78 is 0. The number of anilines is 1. The van der Waals surface area contributed by atoms with E-state index in [0.717, 1.165) is 13.1 Å². The van der Waals surface area contributed by atoms with Crippen LogP contribution < -0.4 is 4.90 Å². The van der Waals surface area contributed by atoms with Crippen LogP contribution in [0.4, 0.5) is 5.69 Å². The van der Waals surface area contributed by atoms with E-state index in [1.54, 1.807) is 0 Å². The highest BCUT2D eigenvalue weighted by atomic mass is 15.1. The van der Waals surface area contributed by atoms with E-state index in [-0.39, 0.29) is 0 Å². The molecule has 13 heavy (non-hydrogen) atoms. The molecule has 0 saturated carbocycles. The van der Waals surface area contributed by atoms with E-state index in [1.807, 2.05) is 12.1 Å². The second-order valence-electron chi connectivity index (χ2n) is 2.94. The van der Waals surface area contributed by atoms with Crippen molar-refractivity contribution in [3.63, 3.8) is 0 Å². The van der Waals surface area contributed by atoms with Gasteiger partial charge in [-0.25, -0.2) is 0 Å². The minimum Gasteiger partial charge on any atom is -0.372 e. The summed E-state index contributed by atoms with van der Waals surface area (Å²) in [6.07, 6.45) is 1.91. The molecule has 0 atom stereocenters. The zero-order valence-electron chi connectivity index (χ0n) is 8.46. The minimum atomic E-state index is 1.04. The summed E-state index contributed by atoms with van der Waals surface area (Å²) in [6, 6.07) is 8.36. The van der Waals surface area contributed by atoms with Crippen LogP contribution in [-0.2, 0) is 0 Å². The highest BCUT2D eigenvalue weighted by Gasteiger charge is 2.03. The Morgan fingerprint density at radius 3 is 2.38 bits per heavy atom. The van der Waals surface area contributed by atoms with Gasteiger partial charge in [-0.2, -0.15) is 0 Å². The van der Waals surface area contributed by atoms with Crippen LogP contribution in [0.1, 0.15) is 19.4 Å². The van der Waals surface area contributed by atoms with Gasteiger partial charge in [0.05, 0.1) is 0 Å². The smallest absolute Gasteiger partial charge is 0.0439 e. The monoisotopic (exact) mass is 175 g/mol. The molecule has 0 aromatic heterocycles. The summed E-state index contributed by atoms with van der Waals surface area (Å²) >= 11 is 0. The Morgan fingerprint density at radius 1 is 1.23 bits per heavy atom. The molecule has 0 N–H and O–H groups in total. The topological polar surface area (TPSA) is 3.24 Å². The fourth-order valence-corrected chi connectivity index (χ4v) is 1.51. The molecule has 0 heterocycles. The number of para-hydroxylation sites is 1. The quantitative estimate of drug-likeness (QED) is 0.679. The maximum atomic E-state index is 3.82. The molecule has 1 heteroatoms. The molecule has 70 valence electrons. The van der Waals surface area contributed by atoms with E-state index >= 15 is 0 Å². The third-order valence-electron chi connectivity index (χ3n) is 2.26. The van der Waals surface area contributed by atoms with Crippen LogP contribution >= 0.6 is 0 Å². The average molecular weight is 175 g/mol. The van der Waals surface area contributed by atoms with Crippen LogP contribution in [0, 0.1) is 0 Å². The molecule has 0 amide bonds. The minimum absolute atomic E-state index is 1.04. The van der Waals surface area contributed by atoms with E-state index in [4.69, 9.17) is 0 Å². The van der Waals surface area contributed by atoms with Crippen molar-refractivity contribution in [1.82, 2.24) is 0 Å². The average Bonchev–Trinajstić information content (AvgIpc) is 2.20. The highest BCUT2D eigenvalue weighted by Crippen LogP contribution is 2.20. The lowest BCUT2D eigenvalue weighted by Gasteiger charge is -2.22. The lowest BCUT2D eigenvalue weighted by atomic mass is 10.1. The van der Waals surface area contributed by atoms with Crippen molar-refractivity contribution in [2.24, 2.45) is 0 Å². The molecule has 0 fully saturated rings. The first kappa shape index (κ1) is 9.85. The van der Waals surface area contributed by atoms with Gasteiger partial charge in [-0.3, -0.25) is 0 Å². The SMILES string of the molecule is C=Cc1ccccc1N(CC)CC. The lowest BCUT2D eigenvalue weighted by molar-refractivity contribution is 0.865. The van der Waals surface area contributed by atoms with Crippen molar-refractivity contribution < 1.29 is 0 Å². The van der Waals surface area contributed by atoms with E-state index in [1.165, 1.54) is 11.3 Å². The number of benzene rings is 1. The molecule has 0 saturated heterocycles. The van der Waals surface area contributed by atoms with Gasteiger partial charge in [0.15, 0.2) is 0 Å². The van der Waals surface area contributed by atoms with Crippen LogP contribution in [-0.4, -0.2) is 13.1 Å². The second-order valence-corrected chi connectivity index (χ2v) is 2.94. The van der Waals surface area contributed by atoms with Crippen LogP contribution in [0.5, 0.6) is 0 Å². The molecule has 0 aliphatic heterocycles. The standard InChI is InChI=1S/C12H17N/c1-4-11-9-7-8-10-12(11)13(5-2)6-3/h4,7-10H,1,5-6H2,2-3H3. The first-order chi connectivity index (χ1) is 6.33. The predicted octanol–water partition coefficient (Wildman–Crippen LogP) is 3.18. The Morgan fingerprint density at radius 2 is 1.85 bits per heavy atom. The van der Waals surface area contributed by atoms with Gasteiger partial charge in [-0.15, -0.1) is 0 Å². The summed E-state index contributed by atoms with van der Waals surface area (Å²) in [5.41, 5.74) is 2.49. The normalized spacial score (nSPS) is 9.69. The van der Waals surface area contributed by atoms with Crippen LogP contribution in [0.3, 0.4) is 0 Å². The summed E-state index contributed by atoms with van der Waals surface area (Å²) in [5.74, 6) is 0. The molecule has 1 aromatic rings. The van der Waals surface area contributed by atoms with Gasteiger partial charge in [0.2, 0.25) is 0 Å². The Labute approximate surface area is 80.7 Å². The van der Waals surface area contributed by atoms with Crippen LogP contribution in [0.2, 0.25) is 0 Å². The van der Waals surface area contributed by atoms with Gasteiger partial charge >= 0.3 is 0 Å². The third-order valence-corrected chi connectivity index (χ3v) is 2.26. The maximum Gasteiger partial charge on any atom is 0.0439 e. The van der Waals surface area contributed by atoms with Crippen molar-refractivity contribution in [2.75, 3.05) is 18.0 Å².